The fourth-order valence-corrected chi connectivity index (χ4v) is 3.75. The maximum atomic E-state index is 13.0. The molecule has 2 aromatic heterocycles. The molecule has 8 nitrogen and oxygen atoms in total. The van der Waals surface area contributed by atoms with Crippen LogP contribution in [0.5, 0.6) is 0 Å². The SMILES string of the molecule is CN(CC1CCCN(C(=O)c2ccnc3c2ncn3C)C1)S(C)(=O)=O. The van der Waals surface area contributed by atoms with Gasteiger partial charge in [-0.15, -0.1) is 0 Å². The zero-order valence-electron chi connectivity index (χ0n) is 14.7. The molecule has 0 spiro atoms. The van der Waals surface area contributed by atoms with Crippen molar-refractivity contribution < 1.29 is 13.2 Å². The number of aryl methyl sites for hydroxylation is 1. The van der Waals surface area contributed by atoms with Gasteiger partial charge in [0.15, 0.2) is 5.65 Å². The molecular weight excluding hydrogens is 342 g/mol. The van der Waals surface area contributed by atoms with E-state index in [0.29, 0.717) is 36.4 Å². The summed E-state index contributed by atoms with van der Waals surface area (Å²) in [5.41, 5.74) is 1.82. The highest BCUT2D eigenvalue weighted by Gasteiger charge is 2.28. The molecule has 3 rings (SSSR count). The first-order valence-electron chi connectivity index (χ1n) is 8.24. The number of amides is 1. The van der Waals surface area contributed by atoms with Crippen molar-refractivity contribution in [2.45, 2.75) is 12.8 Å². The zero-order chi connectivity index (χ0) is 18.2. The van der Waals surface area contributed by atoms with Gasteiger partial charge < -0.3 is 9.47 Å². The average Bonchev–Trinajstić information content (AvgIpc) is 2.95. The number of piperidine rings is 1. The molecule has 25 heavy (non-hydrogen) atoms. The first-order valence-corrected chi connectivity index (χ1v) is 10.1. The minimum absolute atomic E-state index is 0.0715. The molecule has 9 heteroatoms. The van der Waals surface area contributed by atoms with Gasteiger partial charge in [-0.3, -0.25) is 4.79 Å². The van der Waals surface area contributed by atoms with Crippen molar-refractivity contribution in [3.8, 4) is 0 Å². The van der Waals surface area contributed by atoms with E-state index in [-0.39, 0.29) is 11.8 Å². The van der Waals surface area contributed by atoms with E-state index < -0.39 is 10.0 Å². The molecule has 1 atom stereocenters. The average molecular weight is 365 g/mol. The molecule has 0 aliphatic carbocycles. The third-order valence-corrected chi connectivity index (χ3v) is 6.00. The number of aromatic nitrogens is 3. The van der Waals surface area contributed by atoms with E-state index in [1.165, 1.54) is 10.6 Å². The maximum Gasteiger partial charge on any atom is 0.256 e. The summed E-state index contributed by atoms with van der Waals surface area (Å²) in [5.74, 6) is 0.0660. The van der Waals surface area contributed by atoms with Gasteiger partial charge in [-0.25, -0.2) is 22.7 Å². The highest BCUT2D eigenvalue weighted by molar-refractivity contribution is 7.88. The van der Waals surface area contributed by atoms with Crippen molar-refractivity contribution in [1.82, 2.24) is 23.7 Å². The lowest BCUT2D eigenvalue weighted by Crippen LogP contribution is -2.44. The molecule has 2 aromatic rings. The standard InChI is InChI=1S/C16H23N5O3S/c1-19-11-18-14-13(6-7-17-15(14)19)16(22)21-8-4-5-12(10-21)9-20(2)25(3,23)24/h6-7,11-12H,4-5,8-10H2,1-3H3. The molecule has 1 aliphatic heterocycles. The fourth-order valence-electron chi connectivity index (χ4n) is 3.27. The van der Waals surface area contributed by atoms with Crippen molar-refractivity contribution in [2.24, 2.45) is 13.0 Å². The van der Waals surface area contributed by atoms with Gasteiger partial charge in [0.25, 0.3) is 5.91 Å². The molecule has 1 aliphatic rings. The van der Waals surface area contributed by atoms with Crippen LogP contribution in [0, 0.1) is 5.92 Å². The Morgan fingerprint density at radius 1 is 1.40 bits per heavy atom. The molecule has 0 saturated carbocycles. The van der Waals surface area contributed by atoms with Gasteiger partial charge >= 0.3 is 0 Å². The second-order valence-electron chi connectivity index (χ2n) is 6.69. The number of nitrogens with zero attached hydrogens (tertiary/aromatic N) is 5. The first-order chi connectivity index (χ1) is 11.8. The Kier molecular flexibility index (Phi) is 4.79. The van der Waals surface area contributed by atoms with E-state index in [0.717, 1.165) is 12.8 Å². The molecule has 1 fully saturated rings. The van der Waals surface area contributed by atoms with Gasteiger partial charge in [0.1, 0.15) is 5.52 Å². The number of imidazole rings is 1. The molecular formula is C16H23N5O3S. The maximum absolute atomic E-state index is 13.0. The van der Waals surface area contributed by atoms with Crippen LogP contribution in [0.2, 0.25) is 0 Å². The fraction of sp³-hybridized carbons (Fsp3) is 0.562. The summed E-state index contributed by atoms with van der Waals surface area (Å²) in [6.07, 6.45) is 6.25. The number of hydrogen-bond donors (Lipinski definition) is 0. The van der Waals surface area contributed by atoms with Crippen molar-refractivity contribution in [3.05, 3.63) is 24.2 Å². The number of carbonyl (C=O) groups is 1. The van der Waals surface area contributed by atoms with Crippen LogP contribution < -0.4 is 0 Å². The molecule has 0 bridgehead atoms. The van der Waals surface area contributed by atoms with Crippen LogP contribution in [0.3, 0.4) is 0 Å². The zero-order valence-corrected chi connectivity index (χ0v) is 15.5. The number of pyridine rings is 1. The van der Waals surface area contributed by atoms with Crippen LogP contribution in [-0.2, 0) is 17.1 Å². The number of hydrogen-bond acceptors (Lipinski definition) is 5. The largest absolute Gasteiger partial charge is 0.338 e. The Bertz CT molecular complexity index is 892. The van der Waals surface area contributed by atoms with Crippen molar-refractivity contribution in [2.75, 3.05) is 32.9 Å². The van der Waals surface area contributed by atoms with E-state index in [1.807, 2.05) is 7.05 Å². The van der Waals surface area contributed by atoms with Crippen molar-refractivity contribution in [1.29, 1.82) is 0 Å². The summed E-state index contributed by atoms with van der Waals surface area (Å²) in [6.45, 7) is 1.65. The number of rotatable bonds is 4. The predicted octanol–water partition coefficient (Wildman–Crippen LogP) is 0.712. The van der Waals surface area contributed by atoms with Gasteiger partial charge in [0, 0.05) is 39.9 Å². The highest BCUT2D eigenvalue weighted by atomic mass is 32.2. The number of likely N-dealkylation sites (tertiary alicyclic amines) is 1. The van der Waals surface area contributed by atoms with Gasteiger partial charge in [0.05, 0.1) is 18.1 Å². The van der Waals surface area contributed by atoms with Crippen LogP contribution in [0.1, 0.15) is 23.2 Å². The first kappa shape index (κ1) is 17.8. The normalized spacial score (nSPS) is 18.9. The lowest BCUT2D eigenvalue weighted by molar-refractivity contribution is 0.0666. The molecule has 0 radical (unpaired) electrons. The topological polar surface area (TPSA) is 88.4 Å². The minimum Gasteiger partial charge on any atom is -0.338 e. The van der Waals surface area contributed by atoms with Crippen LogP contribution in [0.4, 0.5) is 0 Å². The third-order valence-electron chi connectivity index (χ3n) is 4.72. The van der Waals surface area contributed by atoms with Crippen LogP contribution in [-0.4, -0.2) is 71.0 Å². The molecule has 0 N–H and O–H groups in total. The van der Waals surface area contributed by atoms with Crippen molar-refractivity contribution in [3.63, 3.8) is 0 Å². The van der Waals surface area contributed by atoms with E-state index >= 15 is 0 Å². The number of carbonyl (C=O) groups excluding carboxylic acids is 1. The summed E-state index contributed by atoms with van der Waals surface area (Å²) in [6, 6.07) is 1.70. The van der Waals surface area contributed by atoms with Crippen LogP contribution in [0.25, 0.3) is 11.2 Å². The Hall–Kier alpha value is -2.00. The Morgan fingerprint density at radius 3 is 2.88 bits per heavy atom. The summed E-state index contributed by atoms with van der Waals surface area (Å²) in [4.78, 5) is 23.3. The lowest BCUT2D eigenvalue weighted by Gasteiger charge is -2.34. The molecule has 136 valence electrons. The molecule has 3 heterocycles. The smallest absolute Gasteiger partial charge is 0.256 e. The summed E-state index contributed by atoms with van der Waals surface area (Å²) < 4.78 is 26.4. The monoisotopic (exact) mass is 365 g/mol. The van der Waals surface area contributed by atoms with Gasteiger partial charge in [0.2, 0.25) is 10.0 Å². The summed E-state index contributed by atoms with van der Waals surface area (Å²) in [5, 5.41) is 0. The van der Waals surface area contributed by atoms with Gasteiger partial charge in [-0.1, -0.05) is 0 Å². The number of fused-ring (bicyclic) bond motifs is 1. The molecule has 1 saturated heterocycles. The van der Waals surface area contributed by atoms with Gasteiger partial charge in [-0.05, 0) is 24.8 Å². The number of sulfonamides is 1. The van der Waals surface area contributed by atoms with E-state index in [1.54, 1.807) is 35.1 Å². The Balaban J connectivity index is 1.78. The minimum atomic E-state index is -3.21. The second kappa shape index (κ2) is 6.72. The highest BCUT2D eigenvalue weighted by Crippen LogP contribution is 2.22. The van der Waals surface area contributed by atoms with E-state index in [9.17, 15) is 13.2 Å². The third kappa shape index (κ3) is 3.67. The Morgan fingerprint density at radius 2 is 2.16 bits per heavy atom. The Labute approximate surface area is 147 Å². The lowest BCUT2D eigenvalue weighted by atomic mass is 9.97. The second-order valence-corrected chi connectivity index (χ2v) is 8.78. The molecule has 1 unspecified atom stereocenters. The predicted molar refractivity (Wildman–Crippen MR) is 94.6 cm³/mol. The molecule has 1 amide bonds. The van der Waals surface area contributed by atoms with E-state index in [4.69, 9.17) is 0 Å². The summed E-state index contributed by atoms with van der Waals surface area (Å²) >= 11 is 0. The van der Waals surface area contributed by atoms with E-state index in [2.05, 4.69) is 9.97 Å². The van der Waals surface area contributed by atoms with Gasteiger partial charge in [-0.2, -0.15) is 0 Å². The van der Waals surface area contributed by atoms with Crippen LogP contribution >= 0.6 is 0 Å². The van der Waals surface area contributed by atoms with Crippen LogP contribution in [0.15, 0.2) is 18.6 Å². The van der Waals surface area contributed by atoms with Crippen molar-refractivity contribution >= 4 is 27.1 Å². The quantitative estimate of drug-likeness (QED) is 0.796. The molecule has 0 aromatic carbocycles. The summed E-state index contributed by atoms with van der Waals surface area (Å²) in [7, 11) is 0.212.